The molecule has 3 aliphatic rings. The number of hydrogen-bond donors (Lipinski definition) is 6. The van der Waals surface area contributed by atoms with Crippen LogP contribution in [0.15, 0.2) is 437 Å². The Bertz CT molecular complexity index is 7120. The van der Waals surface area contributed by atoms with Crippen LogP contribution < -0.4 is 34.4 Å². The van der Waals surface area contributed by atoms with Crippen molar-refractivity contribution in [3.63, 3.8) is 0 Å². The van der Waals surface area contributed by atoms with Gasteiger partial charge in [0.1, 0.15) is 0 Å². The topological polar surface area (TPSA) is 259 Å². The summed E-state index contributed by atoms with van der Waals surface area (Å²) < 4.78 is 0. The van der Waals surface area contributed by atoms with Crippen molar-refractivity contribution in [1.29, 1.82) is 0 Å². The fourth-order valence-corrected chi connectivity index (χ4v) is 20.3. The van der Waals surface area contributed by atoms with Crippen molar-refractivity contribution in [2.24, 2.45) is 0 Å². The zero-order valence-corrected chi connectivity index (χ0v) is 74.2. The van der Waals surface area contributed by atoms with E-state index in [-0.39, 0.29) is 47.5 Å². The Hall–Kier alpha value is -17.2. The van der Waals surface area contributed by atoms with E-state index < -0.39 is 16.2 Å². The van der Waals surface area contributed by atoms with Crippen LogP contribution in [0, 0.1) is 0 Å². The lowest BCUT2D eigenvalue weighted by Crippen LogP contribution is -2.28. The number of nitrogen functional groups attached to an aromatic ring is 6. The number of rotatable bonds is 24. The quantitative estimate of drug-likeness (QED) is 0.0244. The van der Waals surface area contributed by atoms with Crippen molar-refractivity contribution in [2.45, 2.75) is 54.8 Å². The zero-order chi connectivity index (χ0) is 92.9. The number of fused-ring (bicyclic) bond motifs is 9. The lowest BCUT2D eigenvalue weighted by molar-refractivity contribution is 0.0985. The number of Topliss-reactive ketones (excluding diaryl/α,β-unsaturated/α-hetero) is 6. The van der Waals surface area contributed by atoms with Crippen LogP contribution in [-0.4, -0.2) is 34.7 Å². The molecule has 18 aromatic carbocycles. The van der Waals surface area contributed by atoms with Crippen molar-refractivity contribution < 1.29 is 28.8 Å². The van der Waals surface area contributed by atoms with Gasteiger partial charge in [-0.05, 0) is 231 Å². The van der Waals surface area contributed by atoms with Gasteiger partial charge in [-0.3, -0.25) is 28.8 Å². The fourth-order valence-electron chi connectivity index (χ4n) is 20.3. The Labute approximate surface area is 785 Å². The van der Waals surface area contributed by atoms with E-state index in [1.54, 1.807) is 109 Å². The van der Waals surface area contributed by atoms with Gasteiger partial charge in [0.05, 0.1) is 16.2 Å². The average molecular weight is 1750 g/mol. The summed E-state index contributed by atoms with van der Waals surface area (Å²) in [5.74, 6) is 0.162. The van der Waals surface area contributed by atoms with E-state index >= 15 is 0 Å². The Balaban J connectivity index is 0.000000130. The van der Waals surface area contributed by atoms with Crippen molar-refractivity contribution in [1.82, 2.24) is 0 Å². The first kappa shape index (κ1) is 87.1. The molecule has 18 aromatic rings. The second-order valence-electron chi connectivity index (χ2n) is 35.0. The van der Waals surface area contributed by atoms with Gasteiger partial charge in [-0.1, -0.05) is 340 Å². The van der Waals surface area contributed by atoms with Gasteiger partial charge in [0.2, 0.25) is 0 Å². The molecule has 0 saturated heterocycles. The molecule has 0 fully saturated rings. The predicted octanol–water partition coefficient (Wildman–Crippen LogP) is 24.2. The van der Waals surface area contributed by atoms with E-state index in [1.165, 1.54) is 66.8 Å². The molecule has 0 spiro atoms. The van der Waals surface area contributed by atoms with Gasteiger partial charge >= 0.3 is 0 Å². The Morgan fingerprint density at radius 2 is 0.370 bits per heavy atom. The van der Waals surface area contributed by atoms with E-state index in [0.29, 0.717) is 93.2 Å². The highest BCUT2D eigenvalue weighted by molar-refractivity contribution is 6.04. The summed E-state index contributed by atoms with van der Waals surface area (Å²) >= 11 is 0. The van der Waals surface area contributed by atoms with Gasteiger partial charge in [-0.2, -0.15) is 0 Å². The number of hydrogen-bond acceptors (Lipinski definition) is 12. The van der Waals surface area contributed by atoms with Crippen LogP contribution in [0.2, 0.25) is 0 Å². The van der Waals surface area contributed by atoms with Crippen LogP contribution in [0.3, 0.4) is 0 Å². The maximum atomic E-state index is 13.1. The molecule has 21 rings (SSSR count). The largest absolute Gasteiger partial charge is 0.399 e. The van der Waals surface area contributed by atoms with E-state index in [9.17, 15) is 28.8 Å². The Kier molecular flexibility index (Phi) is 24.1. The molecule has 0 saturated carbocycles. The molecule has 3 aliphatic carbocycles. The second kappa shape index (κ2) is 37.3. The molecule has 12 nitrogen and oxygen atoms in total. The second-order valence-corrected chi connectivity index (χ2v) is 35.0. The maximum Gasteiger partial charge on any atom is 0.169 e. The first-order valence-corrected chi connectivity index (χ1v) is 45.3. The number of carbonyl (C=O) groups excluding carboxylic acids is 6. The van der Waals surface area contributed by atoms with Crippen molar-refractivity contribution in [2.75, 3.05) is 34.4 Å². The number of anilines is 6. The van der Waals surface area contributed by atoms with Gasteiger partial charge in [-0.15, -0.1) is 0 Å². The summed E-state index contributed by atoms with van der Waals surface area (Å²) in [6.07, 6.45) is 1.73. The van der Waals surface area contributed by atoms with Crippen LogP contribution in [0.4, 0.5) is 34.1 Å². The molecule has 0 bridgehead atoms. The molecule has 12 heteroatoms. The SMILES string of the molecule is Nc1ccc(C(=O)Cc2ccc(C3(c4ccc(CC(=O)c5ccc(N)cc5)cc4)c4ccccc4-c4ccccc43)cc2)cc1.Nc1cccc(C(=O)Cc2ccc(C3(c4ccc(CC(=O)c5cccc(N)c5)cc4)c4ccccc4-c4ccccc43)cc2)c1.Nc1ccccc1C(=O)Cc1ccc(C2(c3ccc(CC(=O)c4ccccc4N)cc3)c3ccccc3-c3ccccc32)cc1. The molecule has 135 heavy (non-hydrogen) atoms. The van der Waals surface area contributed by atoms with E-state index in [4.69, 9.17) is 34.4 Å². The van der Waals surface area contributed by atoms with Crippen molar-refractivity contribution >= 4 is 68.8 Å². The molecule has 0 amide bonds. The van der Waals surface area contributed by atoms with Gasteiger partial charge in [0, 0.05) is 106 Å². The molecule has 0 unspecified atom stereocenters. The number of ketones is 6. The summed E-state index contributed by atoms with van der Waals surface area (Å²) in [7, 11) is 0. The fraction of sp³-hybridized carbons (Fsp3) is 0.0732. The smallest absolute Gasteiger partial charge is 0.169 e. The molecule has 654 valence electrons. The summed E-state index contributed by atoms with van der Waals surface area (Å²) in [5.41, 5.74) is 67.7. The summed E-state index contributed by atoms with van der Waals surface area (Å²) in [6, 6.07) is 145. The van der Waals surface area contributed by atoms with Gasteiger partial charge in [0.15, 0.2) is 34.7 Å². The van der Waals surface area contributed by atoms with E-state index in [1.807, 2.05) is 36.4 Å². The minimum absolute atomic E-state index is 0.00508. The highest BCUT2D eigenvalue weighted by atomic mass is 16.1. The highest BCUT2D eigenvalue weighted by Crippen LogP contribution is 2.60. The van der Waals surface area contributed by atoms with Crippen LogP contribution in [0.1, 0.15) is 162 Å². The lowest BCUT2D eigenvalue weighted by atomic mass is 9.67. The molecule has 0 heterocycles. The minimum atomic E-state index is -0.577. The van der Waals surface area contributed by atoms with Gasteiger partial charge in [-0.25, -0.2) is 0 Å². The average Bonchev–Trinajstić information content (AvgIpc) is 1.53. The molecular formula is C123H96N6O6. The number of nitrogens with two attached hydrogens (primary N) is 6. The van der Waals surface area contributed by atoms with E-state index in [2.05, 4.69) is 291 Å². The van der Waals surface area contributed by atoms with Crippen molar-refractivity contribution in [3.05, 3.63) is 570 Å². The Morgan fingerprint density at radius 1 is 0.170 bits per heavy atom. The first-order valence-electron chi connectivity index (χ1n) is 45.3. The number of carbonyl (C=O) groups is 6. The van der Waals surface area contributed by atoms with Crippen LogP contribution in [-0.2, 0) is 54.8 Å². The monoisotopic (exact) mass is 1750 g/mol. The Morgan fingerprint density at radius 3 is 0.593 bits per heavy atom. The minimum Gasteiger partial charge on any atom is -0.399 e. The summed E-state index contributed by atoms with van der Waals surface area (Å²) in [4.78, 5) is 78.3. The van der Waals surface area contributed by atoms with Crippen molar-refractivity contribution in [3.8, 4) is 33.4 Å². The van der Waals surface area contributed by atoms with Crippen LogP contribution in [0.25, 0.3) is 33.4 Å². The molecule has 12 N–H and O–H groups in total. The molecular weight excluding hydrogens is 1660 g/mol. The predicted molar refractivity (Wildman–Crippen MR) is 545 cm³/mol. The van der Waals surface area contributed by atoms with E-state index in [0.717, 1.165) is 66.8 Å². The van der Waals surface area contributed by atoms with Crippen LogP contribution >= 0.6 is 0 Å². The van der Waals surface area contributed by atoms with Gasteiger partial charge in [0.25, 0.3) is 0 Å². The third-order valence-electron chi connectivity index (χ3n) is 26.8. The molecule has 0 aromatic heterocycles. The normalized spacial score (nSPS) is 12.7. The third-order valence-corrected chi connectivity index (χ3v) is 26.8. The zero-order valence-electron chi connectivity index (χ0n) is 74.2. The lowest BCUT2D eigenvalue weighted by Gasteiger charge is -2.34. The van der Waals surface area contributed by atoms with Gasteiger partial charge < -0.3 is 34.4 Å². The summed E-state index contributed by atoms with van der Waals surface area (Å²) in [6.45, 7) is 0. The van der Waals surface area contributed by atoms with Crippen LogP contribution in [0.5, 0.6) is 0 Å². The highest BCUT2D eigenvalue weighted by Gasteiger charge is 2.49. The maximum absolute atomic E-state index is 13.1. The third kappa shape index (κ3) is 16.8. The number of benzene rings is 18. The molecule has 0 aliphatic heterocycles. The standard InChI is InChI=1S/3C41H32N2O2/c42-37-15-7-3-11-33(37)39(44)25-27-17-21-29(22-18-27)41(35-13-5-1-9-31(35)32-10-2-6-14-36(32)41)30-23-19-28(20-24-30)26-40(45)34-12-4-8-16-38(34)43;42-33-9-5-7-29(25-33)39(44)23-27-15-19-31(20-16-27)41(37-13-3-1-11-35(37)36-12-2-4-14-38(36)41)32-21-17-28(18-22-32)24-40(45)30-8-6-10-34(43)26-30;42-33-21-13-29(14-22-33)39(44)25-27-9-17-31(18-10-27)41(37-7-3-1-5-35(37)36-6-2-4-8-38(36)41)32-19-11-28(12-20-32)26-40(45)30-15-23-34(43)24-16-30/h1-24H,25-26,42-43H2;1-22,25-26H,23-24,42-43H2;1-24H,25-26,42-43H2. The first-order chi connectivity index (χ1) is 65.8. The summed E-state index contributed by atoms with van der Waals surface area (Å²) in [5, 5.41) is 0. The molecule has 0 atom stereocenters. The molecule has 0 radical (unpaired) electrons. The number of para-hydroxylation sites is 2.